The summed E-state index contributed by atoms with van der Waals surface area (Å²) in [6.07, 6.45) is 0.891. The van der Waals surface area contributed by atoms with Gasteiger partial charge in [-0.1, -0.05) is 0 Å². The van der Waals surface area contributed by atoms with E-state index in [2.05, 4.69) is 17.2 Å². The lowest BCUT2D eigenvalue weighted by Gasteiger charge is -2.27. The fourth-order valence-corrected chi connectivity index (χ4v) is 3.60. The Labute approximate surface area is 165 Å². The standard InChI is InChI=1S/C21H26N4O3/c1-5-27-19-9-16-7-8-24(12-17(16)10-20(19)28-6-2)13-25-21(26)18(11-22)14(3)15(4)23-25/h9-10H,5-8,12-13H2,1-4H3/p+1. The van der Waals surface area contributed by atoms with Crippen LogP contribution in [0.1, 0.15) is 41.8 Å². The first-order chi connectivity index (χ1) is 13.5. The summed E-state index contributed by atoms with van der Waals surface area (Å²) in [5.74, 6) is 1.55. The molecule has 1 aromatic carbocycles. The Balaban J connectivity index is 1.86. The van der Waals surface area contributed by atoms with Crippen LogP contribution in [-0.2, 0) is 19.6 Å². The van der Waals surface area contributed by atoms with Crippen LogP contribution in [0, 0.1) is 25.2 Å². The molecule has 1 unspecified atom stereocenters. The first-order valence-electron chi connectivity index (χ1n) is 9.71. The first kappa shape index (κ1) is 19.9. The van der Waals surface area contributed by atoms with E-state index in [0.29, 0.717) is 31.1 Å². The van der Waals surface area contributed by atoms with Gasteiger partial charge in [0, 0.05) is 12.0 Å². The van der Waals surface area contributed by atoms with E-state index in [1.54, 1.807) is 6.92 Å². The van der Waals surface area contributed by atoms with Gasteiger partial charge in [-0.05, 0) is 51.0 Å². The average molecular weight is 383 g/mol. The number of fused-ring (bicyclic) bond motifs is 1. The van der Waals surface area contributed by atoms with Crippen LogP contribution in [0.25, 0.3) is 0 Å². The van der Waals surface area contributed by atoms with Crippen LogP contribution in [-0.4, -0.2) is 29.5 Å². The largest absolute Gasteiger partial charge is 0.490 e. The number of nitrogens with zero attached hydrogens (tertiary/aromatic N) is 3. The lowest BCUT2D eigenvalue weighted by Crippen LogP contribution is -3.11. The van der Waals surface area contributed by atoms with Crippen molar-refractivity contribution in [2.45, 2.75) is 47.3 Å². The zero-order valence-electron chi connectivity index (χ0n) is 17.0. The molecule has 0 radical (unpaired) electrons. The van der Waals surface area contributed by atoms with E-state index in [-0.39, 0.29) is 11.1 Å². The molecule has 1 aliphatic rings. The van der Waals surface area contributed by atoms with E-state index in [1.807, 2.05) is 26.8 Å². The summed E-state index contributed by atoms with van der Waals surface area (Å²) in [6.45, 7) is 10.8. The van der Waals surface area contributed by atoms with Crippen LogP contribution in [0.15, 0.2) is 16.9 Å². The number of hydrogen-bond acceptors (Lipinski definition) is 5. The van der Waals surface area contributed by atoms with Gasteiger partial charge in [-0.2, -0.15) is 15.0 Å². The maximum atomic E-state index is 12.6. The van der Waals surface area contributed by atoms with Crippen LogP contribution < -0.4 is 19.9 Å². The third-order valence-electron chi connectivity index (χ3n) is 5.18. The number of aromatic nitrogens is 2. The molecule has 0 spiro atoms. The van der Waals surface area contributed by atoms with Crippen molar-refractivity contribution < 1.29 is 14.4 Å². The molecule has 7 nitrogen and oxygen atoms in total. The van der Waals surface area contributed by atoms with Gasteiger partial charge in [-0.25, -0.2) is 0 Å². The number of nitriles is 1. The molecule has 2 heterocycles. The van der Waals surface area contributed by atoms with Crippen molar-refractivity contribution in [2.24, 2.45) is 0 Å². The number of rotatable bonds is 6. The number of hydrogen-bond donors (Lipinski definition) is 1. The Hall–Kier alpha value is -2.85. The highest BCUT2D eigenvalue weighted by molar-refractivity contribution is 5.47. The molecule has 1 N–H and O–H groups in total. The van der Waals surface area contributed by atoms with Crippen LogP contribution in [0.5, 0.6) is 11.5 Å². The number of quaternary nitrogens is 1. The Morgan fingerprint density at radius 1 is 1.18 bits per heavy atom. The lowest BCUT2D eigenvalue weighted by molar-refractivity contribution is -0.939. The summed E-state index contributed by atoms with van der Waals surface area (Å²) >= 11 is 0. The fraction of sp³-hybridized carbons (Fsp3) is 0.476. The summed E-state index contributed by atoms with van der Waals surface area (Å²) in [6, 6.07) is 6.16. The van der Waals surface area contributed by atoms with Crippen LogP contribution in [0.2, 0.25) is 0 Å². The van der Waals surface area contributed by atoms with Gasteiger partial charge in [0.15, 0.2) is 18.2 Å². The number of aryl methyl sites for hydroxylation is 1. The Bertz CT molecular complexity index is 975. The maximum Gasteiger partial charge on any atom is 0.289 e. The molecule has 148 valence electrons. The highest BCUT2D eigenvalue weighted by atomic mass is 16.5. The van der Waals surface area contributed by atoms with Crippen LogP contribution in [0.3, 0.4) is 0 Å². The Morgan fingerprint density at radius 2 is 1.82 bits per heavy atom. The second kappa shape index (κ2) is 8.44. The van der Waals surface area contributed by atoms with Crippen molar-refractivity contribution in [3.05, 3.63) is 50.4 Å². The molecule has 2 aromatic rings. The zero-order valence-corrected chi connectivity index (χ0v) is 17.0. The normalized spacial score (nSPS) is 15.6. The van der Waals surface area contributed by atoms with E-state index in [4.69, 9.17) is 9.47 Å². The minimum atomic E-state index is -0.314. The van der Waals surface area contributed by atoms with Crippen molar-refractivity contribution >= 4 is 0 Å². The predicted molar refractivity (Wildman–Crippen MR) is 105 cm³/mol. The predicted octanol–water partition coefficient (Wildman–Crippen LogP) is 1.13. The second-order valence-electron chi connectivity index (χ2n) is 7.02. The quantitative estimate of drug-likeness (QED) is 0.809. The smallest absolute Gasteiger partial charge is 0.289 e. The lowest BCUT2D eigenvalue weighted by atomic mass is 9.99. The zero-order chi connectivity index (χ0) is 20.3. The van der Waals surface area contributed by atoms with Crippen molar-refractivity contribution in [3.8, 4) is 17.6 Å². The van der Waals surface area contributed by atoms with Crippen molar-refractivity contribution in [1.29, 1.82) is 5.26 Å². The highest BCUT2D eigenvalue weighted by Gasteiger charge is 2.24. The number of ether oxygens (including phenoxy) is 2. The molecule has 1 aromatic heterocycles. The topological polar surface area (TPSA) is 81.6 Å². The summed E-state index contributed by atoms with van der Waals surface area (Å²) in [5.41, 5.74) is 3.70. The fourth-order valence-electron chi connectivity index (χ4n) is 3.60. The molecule has 1 atom stereocenters. The van der Waals surface area contributed by atoms with Gasteiger partial charge >= 0.3 is 0 Å². The molecule has 28 heavy (non-hydrogen) atoms. The van der Waals surface area contributed by atoms with Gasteiger partial charge < -0.3 is 14.4 Å². The number of benzene rings is 1. The molecule has 0 saturated carbocycles. The number of nitrogens with one attached hydrogen (secondary N) is 1. The van der Waals surface area contributed by atoms with Crippen molar-refractivity contribution in [2.75, 3.05) is 19.8 Å². The van der Waals surface area contributed by atoms with Gasteiger partial charge in [0.25, 0.3) is 5.56 Å². The summed E-state index contributed by atoms with van der Waals surface area (Å²) in [5, 5.41) is 13.7. The van der Waals surface area contributed by atoms with Crippen LogP contribution in [0.4, 0.5) is 0 Å². The third-order valence-corrected chi connectivity index (χ3v) is 5.18. The average Bonchev–Trinajstić information content (AvgIpc) is 2.67. The minimum Gasteiger partial charge on any atom is -0.490 e. The van der Waals surface area contributed by atoms with Gasteiger partial charge in [-0.3, -0.25) is 4.79 Å². The first-order valence-corrected chi connectivity index (χ1v) is 9.71. The van der Waals surface area contributed by atoms with Gasteiger partial charge in [0.2, 0.25) is 0 Å². The SMILES string of the molecule is CCOc1cc2c(cc1OCC)C[NH+](Cn1nc(C)c(C)c(C#N)c1=O)CC2. The van der Waals surface area contributed by atoms with Gasteiger partial charge in [0.1, 0.15) is 18.2 Å². The minimum absolute atomic E-state index is 0.185. The highest BCUT2D eigenvalue weighted by Crippen LogP contribution is 2.32. The van der Waals surface area contributed by atoms with Crippen LogP contribution >= 0.6 is 0 Å². The molecule has 3 rings (SSSR count). The molecule has 0 fully saturated rings. The van der Waals surface area contributed by atoms with Gasteiger partial charge in [0.05, 0.1) is 25.5 Å². The van der Waals surface area contributed by atoms with Crippen molar-refractivity contribution in [3.63, 3.8) is 0 Å². The molecule has 0 aliphatic carbocycles. The molecular formula is C21H27N4O3+. The summed E-state index contributed by atoms with van der Waals surface area (Å²) in [4.78, 5) is 13.8. The third kappa shape index (κ3) is 3.87. The molecular weight excluding hydrogens is 356 g/mol. The van der Waals surface area contributed by atoms with E-state index in [9.17, 15) is 10.1 Å². The monoisotopic (exact) mass is 383 g/mol. The summed E-state index contributed by atoms with van der Waals surface area (Å²) in [7, 11) is 0. The molecule has 7 heteroatoms. The Morgan fingerprint density at radius 3 is 2.43 bits per heavy atom. The molecule has 0 bridgehead atoms. The van der Waals surface area contributed by atoms with E-state index in [1.165, 1.54) is 20.7 Å². The maximum absolute atomic E-state index is 12.6. The van der Waals surface area contributed by atoms with Crippen molar-refractivity contribution in [1.82, 2.24) is 9.78 Å². The van der Waals surface area contributed by atoms with Gasteiger partial charge in [-0.15, -0.1) is 0 Å². The summed E-state index contributed by atoms with van der Waals surface area (Å²) < 4.78 is 12.9. The van der Waals surface area contributed by atoms with E-state index in [0.717, 1.165) is 31.0 Å². The molecule has 0 amide bonds. The molecule has 1 aliphatic heterocycles. The second-order valence-corrected chi connectivity index (χ2v) is 7.02. The Kier molecular flexibility index (Phi) is 6.00. The van der Waals surface area contributed by atoms with E-state index >= 15 is 0 Å². The molecule has 0 saturated heterocycles. The van der Waals surface area contributed by atoms with E-state index < -0.39 is 0 Å².